The van der Waals surface area contributed by atoms with E-state index in [1.165, 1.54) is 0 Å². The number of rotatable bonds is 10. The SMILES string of the molecule is CC(C)(C)OC(=O)N(CCCCCO)CCCCCO. The van der Waals surface area contributed by atoms with Crippen LogP contribution in [0.4, 0.5) is 4.79 Å². The lowest BCUT2D eigenvalue weighted by atomic mass is 10.2. The van der Waals surface area contributed by atoms with Gasteiger partial charge in [0.25, 0.3) is 0 Å². The van der Waals surface area contributed by atoms with E-state index in [1.54, 1.807) is 4.90 Å². The van der Waals surface area contributed by atoms with Gasteiger partial charge < -0.3 is 19.8 Å². The Hall–Kier alpha value is -0.810. The molecule has 5 heteroatoms. The summed E-state index contributed by atoms with van der Waals surface area (Å²) in [5.41, 5.74) is -0.481. The Morgan fingerprint density at radius 2 is 1.35 bits per heavy atom. The van der Waals surface area contributed by atoms with Gasteiger partial charge in [-0.25, -0.2) is 4.79 Å². The van der Waals surface area contributed by atoms with Gasteiger partial charge in [-0.3, -0.25) is 0 Å². The molecule has 120 valence electrons. The number of nitrogens with zero attached hydrogens (tertiary/aromatic N) is 1. The number of unbranched alkanes of at least 4 members (excludes halogenated alkanes) is 4. The fraction of sp³-hybridized carbons (Fsp3) is 0.933. The van der Waals surface area contributed by atoms with Crippen LogP contribution < -0.4 is 0 Å². The molecule has 0 bridgehead atoms. The van der Waals surface area contributed by atoms with Crippen LogP contribution in [0.15, 0.2) is 0 Å². The zero-order chi connectivity index (χ0) is 15.4. The largest absolute Gasteiger partial charge is 0.444 e. The van der Waals surface area contributed by atoms with Crippen molar-refractivity contribution in [2.24, 2.45) is 0 Å². The summed E-state index contributed by atoms with van der Waals surface area (Å²) >= 11 is 0. The Bertz CT molecular complexity index is 239. The second-order valence-electron chi connectivity index (χ2n) is 6.04. The fourth-order valence-electron chi connectivity index (χ4n) is 1.80. The maximum Gasteiger partial charge on any atom is 0.410 e. The first-order valence-electron chi connectivity index (χ1n) is 7.60. The van der Waals surface area contributed by atoms with E-state index in [0.717, 1.165) is 38.5 Å². The third-order valence-electron chi connectivity index (χ3n) is 2.82. The van der Waals surface area contributed by atoms with Gasteiger partial charge in [0, 0.05) is 26.3 Å². The number of hydrogen-bond acceptors (Lipinski definition) is 4. The maximum atomic E-state index is 12.1. The van der Waals surface area contributed by atoms with Gasteiger partial charge in [-0.1, -0.05) is 0 Å². The number of hydrogen-bond donors (Lipinski definition) is 2. The van der Waals surface area contributed by atoms with Crippen molar-refractivity contribution in [2.75, 3.05) is 26.3 Å². The number of carbonyl (C=O) groups excluding carboxylic acids is 1. The molecule has 0 saturated heterocycles. The zero-order valence-electron chi connectivity index (χ0n) is 13.2. The third-order valence-corrected chi connectivity index (χ3v) is 2.82. The lowest BCUT2D eigenvalue weighted by Gasteiger charge is -2.27. The molecule has 5 nitrogen and oxygen atoms in total. The van der Waals surface area contributed by atoms with Crippen LogP contribution in [-0.2, 0) is 4.74 Å². The van der Waals surface area contributed by atoms with E-state index in [4.69, 9.17) is 14.9 Å². The molecular weight excluding hydrogens is 258 g/mol. The Balaban J connectivity index is 4.18. The van der Waals surface area contributed by atoms with E-state index in [1.807, 2.05) is 20.8 Å². The summed E-state index contributed by atoms with van der Waals surface area (Å²) in [6.45, 7) is 7.30. The quantitative estimate of drug-likeness (QED) is 0.606. The van der Waals surface area contributed by atoms with Gasteiger partial charge in [0.2, 0.25) is 0 Å². The molecule has 0 heterocycles. The predicted octanol–water partition coefficient (Wildman–Crippen LogP) is 2.55. The van der Waals surface area contributed by atoms with E-state index in [2.05, 4.69) is 0 Å². The molecule has 0 fully saturated rings. The lowest BCUT2D eigenvalue weighted by Crippen LogP contribution is -2.38. The van der Waals surface area contributed by atoms with E-state index in [0.29, 0.717) is 13.1 Å². The Labute approximate surface area is 122 Å². The van der Waals surface area contributed by atoms with Crippen molar-refractivity contribution in [3.8, 4) is 0 Å². The van der Waals surface area contributed by atoms with Crippen molar-refractivity contribution in [3.63, 3.8) is 0 Å². The normalized spacial score (nSPS) is 11.4. The molecule has 0 spiro atoms. The minimum absolute atomic E-state index is 0.197. The molecule has 0 atom stereocenters. The van der Waals surface area contributed by atoms with Crippen LogP contribution in [0.25, 0.3) is 0 Å². The summed E-state index contributed by atoms with van der Waals surface area (Å²) in [4.78, 5) is 13.8. The number of aliphatic hydroxyl groups is 2. The zero-order valence-corrected chi connectivity index (χ0v) is 13.2. The molecule has 1 amide bonds. The fourth-order valence-corrected chi connectivity index (χ4v) is 1.80. The number of carbonyl (C=O) groups is 1. The van der Waals surface area contributed by atoms with Crippen molar-refractivity contribution < 1.29 is 19.7 Å². The van der Waals surface area contributed by atoms with Gasteiger partial charge in [0.05, 0.1) is 0 Å². The minimum Gasteiger partial charge on any atom is -0.444 e. The second kappa shape index (κ2) is 10.9. The molecule has 0 aromatic heterocycles. The summed E-state index contributed by atoms with van der Waals surface area (Å²) < 4.78 is 5.40. The molecule has 0 saturated carbocycles. The summed E-state index contributed by atoms with van der Waals surface area (Å²) in [6, 6.07) is 0. The first-order chi connectivity index (χ1) is 9.40. The first kappa shape index (κ1) is 19.2. The van der Waals surface area contributed by atoms with Crippen molar-refractivity contribution in [1.29, 1.82) is 0 Å². The van der Waals surface area contributed by atoms with Gasteiger partial charge in [-0.05, 0) is 59.3 Å². The van der Waals surface area contributed by atoms with Crippen LogP contribution in [0.1, 0.15) is 59.3 Å². The maximum absolute atomic E-state index is 12.1. The molecular formula is C15H31NO4. The van der Waals surface area contributed by atoms with E-state index in [9.17, 15) is 4.79 Å². The average Bonchev–Trinajstić information content (AvgIpc) is 2.34. The highest BCUT2D eigenvalue weighted by Crippen LogP contribution is 2.12. The number of ether oxygens (including phenoxy) is 1. The monoisotopic (exact) mass is 289 g/mol. The van der Waals surface area contributed by atoms with E-state index < -0.39 is 5.60 Å². The van der Waals surface area contributed by atoms with Crippen LogP contribution in [0.5, 0.6) is 0 Å². The van der Waals surface area contributed by atoms with Crippen LogP contribution >= 0.6 is 0 Å². The molecule has 0 aromatic carbocycles. The van der Waals surface area contributed by atoms with E-state index in [-0.39, 0.29) is 19.3 Å². The molecule has 0 aliphatic carbocycles. The summed E-state index contributed by atoms with van der Waals surface area (Å²) in [5, 5.41) is 17.5. The molecule has 20 heavy (non-hydrogen) atoms. The van der Waals surface area contributed by atoms with E-state index >= 15 is 0 Å². The highest BCUT2D eigenvalue weighted by molar-refractivity contribution is 5.68. The van der Waals surface area contributed by atoms with Crippen LogP contribution in [0.3, 0.4) is 0 Å². The Kier molecular flexibility index (Phi) is 10.5. The Morgan fingerprint density at radius 1 is 0.900 bits per heavy atom. The summed E-state index contributed by atoms with van der Waals surface area (Å²) in [6.07, 6.45) is 4.84. The predicted molar refractivity (Wildman–Crippen MR) is 79.7 cm³/mol. The van der Waals surface area contributed by atoms with Crippen LogP contribution in [-0.4, -0.2) is 53.1 Å². The standard InChI is InChI=1S/C15H31NO4/c1-15(2,3)20-14(19)16(10-6-4-8-12-17)11-7-5-9-13-18/h17-18H,4-13H2,1-3H3. The summed E-state index contributed by atoms with van der Waals surface area (Å²) in [7, 11) is 0. The minimum atomic E-state index is -0.481. The molecule has 0 aliphatic rings. The van der Waals surface area contributed by atoms with Crippen molar-refractivity contribution in [2.45, 2.75) is 64.9 Å². The molecule has 0 unspecified atom stereocenters. The lowest BCUT2D eigenvalue weighted by molar-refractivity contribution is 0.0243. The second-order valence-corrected chi connectivity index (χ2v) is 6.04. The molecule has 2 N–H and O–H groups in total. The van der Waals surface area contributed by atoms with Crippen LogP contribution in [0.2, 0.25) is 0 Å². The third kappa shape index (κ3) is 11.1. The van der Waals surface area contributed by atoms with Gasteiger partial charge >= 0.3 is 6.09 Å². The van der Waals surface area contributed by atoms with Crippen LogP contribution in [0, 0.1) is 0 Å². The van der Waals surface area contributed by atoms with Crippen molar-refractivity contribution in [3.05, 3.63) is 0 Å². The first-order valence-corrected chi connectivity index (χ1v) is 7.60. The van der Waals surface area contributed by atoms with Gasteiger partial charge in [0.15, 0.2) is 0 Å². The van der Waals surface area contributed by atoms with Gasteiger partial charge in [0.1, 0.15) is 5.60 Å². The summed E-state index contributed by atoms with van der Waals surface area (Å²) in [5.74, 6) is 0. The van der Waals surface area contributed by atoms with Gasteiger partial charge in [-0.2, -0.15) is 0 Å². The highest BCUT2D eigenvalue weighted by atomic mass is 16.6. The average molecular weight is 289 g/mol. The number of aliphatic hydroxyl groups excluding tert-OH is 2. The van der Waals surface area contributed by atoms with Gasteiger partial charge in [-0.15, -0.1) is 0 Å². The topological polar surface area (TPSA) is 70.0 Å². The molecule has 0 aromatic rings. The van der Waals surface area contributed by atoms with Crippen molar-refractivity contribution in [1.82, 2.24) is 4.90 Å². The molecule has 0 aliphatic heterocycles. The highest BCUT2D eigenvalue weighted by Gasteiger charge is 2.21. The molecule has 0 rings (SSSR count). The number of amides is 1. The smallest absolute Gasteiger partial charge is 0.410 e. The Morgan fingerprint density at radius 3 is 1.70 bits per heavy atom. The molecule has 0 radical (unpaired) electrons. The van der Waals surface area contributed by atoms with Crippen molar-refractivity contribution >= 4 is 6.09 Å².